The maximum absolute atomic E-state index is 12.3. The molecule has 2 aromatic carbocycles. The van der Waals surface area contributed by atoms with Crippen LogP contribution in [0.15, 0.2) is 48.5 Å². The van der Waals surface area contributed by atoms with E-state index in [1.54, 1.807) is 37.5 Å². The Labute approximate surface area is 159 Å². The SMILES string of the molecule is CCCCOc1ccc(/C=C/C(=O)c2ccc(OCC#N)cc2)cc1OC. The van der Waals surface area contributed by atoms with Crippen molar-refractivity contribution in [3.63, 3.8) is 0 Å². The van der Waals surface area contributed by atoms with Gasteiger partial charge in [0.25, 0.3) is 0 Å². The molecule has 0 unspecified atom stereocenters. The van der Waals surface area contributed by atoms with E-state index in [0.29, 0.717) is 29.4 Å². The second-order valence-corrected chi connectivity index (χ2v) is 5.78. The summed E-state index contributed by atoms with van der Waals surface area (Å²) in [6, 6.07) is 14.1. The molecule has 0 fully saturated rings. The van der Waals surface area contributed by atoms with Crippen LogP contribution in [-0.4, -0.2) is 26.1 Å². The molecule has 0 aromatic heterocycles. The second-order valence-electron chi connectivity index (χ2n) is 5.78. The molecule has 0 saturated carbocycles. The van der Waals surface area contributed by atoms with E-state index >= 15 is 0 Å². The van der Waals surface area contributed by atoms with Gasteiger partial charge in [0, 0.05) is 5.56 Å². The zero-order valence-electron chi connectivity index (χ0n) is 15.6. The lowest BCUT2D eigenvalue weighted by Gasteiger charge is -2.10. The van der Waals surface area contributed by atoms with Gasteiger partial charge in [0.05, 0.1) is 13.7 Å². The van der Waals surface area contributed by atoms with E-state index in [1.165, 1.54) is 6.08 Å². The molecule has 0 aliphatic heterocycles. The molecule has 0 saturated heterocycles. The molecule has 0 amide bonds. The van der Waals surface area contributed by atoms with Crippen molar-refractivity contribution >= 4 is 11.9 Å². The Morgan fingerprint density at radius 3 is 2.56 bits per heavy atom. The summed E-state index contributed by atoms with van der Waals surface area (Å²) in [6.45, 7) is 2.74. The number of allylic oxidation sites excluding steroid dienone is 1. The monoisotopic (exact) mass is 365 g/mol. The first-order valence-corrected chi connectivity index (χ1v) is 8.81. The van der Waals surface area contributed by atoms with Crippen LogP contribution >= 0.6 is 0 Å². The summed E-state index contributed by atoms with van der Waals surface area (Å²) in [6.07, 6.45) is 5.30. The molecule has 0 bridgehead atoms. The number of nitriles is 1. The molecule has 0 aliphatic carbocycles. The first-order valence-electron chi connectivity index (χ1n) is 8.81. The van der Waals surface area contributed by atoms with Crippen LogP contribution in [0.4, 0.5) is 0 Å². The molecule has 0 spiro atoms. The Balaban J connectivity index is 2.03. The van der Waals surface area contributed by atoms with E-state index in [9.17, 15) is 4.79 Å². The van der Waals surface area contributed by atoms with Gasteiger partial charge in [-0.25, -0.2) is 0 Å². The van der Waals surface area contributed by atoms with Crippen LogP contribution in [0, 0.1) is 11.3 Å². The molecular formula is C22H23NO4. The highest BCUT2D eigenvalue weighted by atomic mass is 16.5. The minimum Gasteiger partial charge on any atom is -0.493 e. The number of ether oxygens (including phenoxy) is 3. The van der Waals surface area contributed by atoms with Crippen LogP contribution in [0.1, 0.15) is 35.7 Å². The minimum absolute atomic E-state index is 0.0207. The van der Waals surface area contributed by atoms with E-state index in [-0.39, 0.29) is 12.4 Å². The second kappa shape index (κ2) is 10.7. The number of methoxy groups -OCH3 is 1. The molecule has 140 valence electrons. The van der Waals surface area contributed by atoms with Crippen LogP contribution in [0.25, 0.3) is 6.08 Å². The fourth-order valence-electron chi connectivity index (χ4n) is 2.33. The summed E-state index contributed by atoms with van der Waals surface area (Å²) >= 11 is 0. The van der Waals surface area contributed by atoms with E-state index < -0.39 is 0 Å². The summed E-state index contributed by atoms with van der Waals surface area (Å²) < 4.78 is 16.3. The van der Waals surface area contributed by atoms with Crippen LogP contribution in [0.5, 0.6) is 17.2 Å². The highest BCUT2D eigenvalue weighted by Gasteiger charge is 2.06. The molecule has 2 aromatic rings. The van der Waals surface area contributed by atoms with Gasteiger partial charge in [-0.1, -0.05) is 25.5 Å². The Hall–Kier alpha value is -3.26. The summed E-state index contributed by atoms with van der Waals surface area (Å²) in [4.78, 5) is 12.3. The number of ketones is 1. The fourth-order valence-corrected chi connectivity index (χ4v) is 2.33. The quantitative estimate of drug-likeness (QED) is 0.348. The van der Waals surface area contributed by atoms with Gasteiger partial charge in [-0.2, -0.15) is 5.26 Å². The van der Waals surface area contributed by atoms with Gasteiger partial charge in [0.2, 0.25) is 0 Å². The first kappa shape index (κ1) is 20.1. The molecule has 5 heteroatoms. The van der Waals surface area contributed by atoms with Crippen molar-refractivity contribution in [2.24, 2.45) is 0 Å². The highest BCUT2D eigenvalue weighted by molar-refractivity contribution is 6.06. The van der Waals surface area contributed by atoms with Crippen molar-refractivity contribution in [3.05, 3.63) is 59.7 Å². The number of carbonyl (C=O) groups excluding carboxylic acids is 1. The Morgan fingerprint density at radius 1 is 1.11 bits per heavy atom. The predicted molar refractivity (Wildman–Crippen MR) is 104 cm³/mol. The number of carbonyl (C=O) groups is 1. The topological polar surface area (TPSA) is 68.5 Å². The van der Waals surface area contributed by atoms with Crippen molar-refractivity contribution < 1.29 is 19.0 Å². The molecular weight excluding hydrogens is 342 g/mol. The van der Waals surface area contributed by atoms with E-state index in [1.807, 2.05) is 24.3 Å². The summed E-state index contributed by atoms with van der Waals surface area (Å²) in [5, 5.41) is 8.50. The summed E-state index contributed by atoms with van der Waals surface area (Å²) in [7, 11) is 1.59. The molecule has 5 nitrogen and oxygen atoms in total. The molecule has 0 heterocycles. The largest absolute Gasteiger partial charge is 0.493 e. The molecule has 0 atom stereocenters. The van der Waals surface area contributed by atoms with Crippen LogP contribution in [0.2, 0.25) is 0 Å². The third-order valence-corrected chi connectivity index (χ3v) is 3.81. The third-order valence-electron chi connectivity index (χ3n) is 3.81. The molecule has 27 heavy (non-hydrogen) atoms. The fraction of sp³-hybridized carbons (Fsp3) is 0.273. The smallest absolute Gasteiger partial charge is 0.185 e. The van der Waals surface area contributed by atoms with Gasteiger partial charge in [0.1, 0.15) is 11.8 Å². The van der Waals surface area contributed by atoms with Gasteiger partial charge in [-0.15, -0.1) is 0 Å². The zero-order chi connectivity index (χ0) is 19.5. The lowest BCUT2D eigenvalue weighted by Crippen LogP contribution is -1.99. The Kier molecular flexibility index (Phi) is 7.92. The lowest BCUT2D eigenvalue weighted by atomic mass is 10.1. The summed E-state index contributed by atoms with van der Waals surface area (Å²) in [5.74, 6) is 1.77. The number of benzene rings is 2. The summed E-state index contributed by atoms with van der Waals surface area (Å²) in [5.41, 5.74) is 1.39. The number of rotatable bonds is 10. The van der Waals surface area contributed by atoms with Crippen molar-refractivity contribution in [1.29, 1.82) is 5.26 Å². The minimum atomic E-state index is -0.121. The molecule has 2 rings (SSSR count). The number of nitrogens with zero attached hydrogens (tertiary/aromatic N) is 1. The van der Waals surface area contributed by atoms with Crippen molar-refractivity contribution in [2.45, 2.75) is 19.8 Å². The maximum atomic E-state index is 12.3. The zero-order valence-corrected chi connectivity index (χ0v) is 15.6. The van der Waals surface area contributed by atoms with Crippen LogP contribution in [-0.2, 0) is 0 Å². The van der Waals surface area contributed by atoms with Gasteiger partial charge >= 0.3 is 0 Å². The van der Waals surface area contributed by atoms with E-state index in [2.05, 4.69) is 6.92 Å². The average molecular weight is 365 g/mol. The van der Waals surface area contributed by atoms with E-state index in [0.717, 1.165) is 18.4 Å². The van der Waals surface area contributed by atoms with Gasteiger partial charge in [-0.05, 0) is 54.5 Å². The average Bonchev–Trinajstić information content (AvgIpc) is 2.71. The number of unbranched alkanes of at least 4 members (excludes halogenated alkanes) is 1. The van der Waals surface area contributed by atoms with Crippen molar-refractivity contribution in [1.82, 2.24) is 0 Å². The standard InChI is InChI=1S/C22H23NO4/c1-3-4-14-27-21-12-6-17(16-22(21)25-2)5-11-20(24)18-7-9-19(10-8-18)26-15-13-23/h5-12,16H,3-4,14-15H2,1-2H3/b11-5+. The van der Waals surface area contributed by atoms with Crippen molar-refractivity contribution in [3.8, 4) is 23.3 Å². The predicted octanol–water partition coefficient (Wildman–Crippen LogP) is 4.67. The Morgan fingerprint density at radius 2 is 1.89 bits per heavy atom. The molecule has 0 N–H and O–H groups in total. The highest BCUT2D eigenvalue weighted by Crippen LogP contribution is 2.28. The normalized spacial score (nSPS) is 10.4. The lowest BCUT2D eigenvalue weighted by molar-refractivity contribution is 0.104. The van der Waals surface area contributed by atoms with Gasteiger partial charge < -0.3 is 14.2 Å². The van der Waals surface area contributed by atoms with Crippen LogP contribution in [0.3, 0.4) is 0 Å². The van der Waals surface area contributed by atoms with E-state index in [4.69, 9.17) is 19.5 Å². The van der Waals surface area contributed by atoms with Gasteiger partial charge in [-0.3, -0.25) is 4.79 Å². The Bertz CT molecular complexity index is 819. The number of hydrogen-bond donors (Lipinski definition) is 0. The third kappa shape index (κ3) is 6.19. The maximum Gasteiger partial charge on any atom is 0.185 e. The molecule has 0 radical (unpaired) electrons. The molecule has 0 aliphatic rings. The van der Waals surface area contributed by atoms with Gasteiger partial charge in [0.15, 0.2) is 23.9 Å². The first-order chi connectivity index (χ1) is 13.2. The number of hydrogen-bond acceptors (Lipinski definition) is 5. The van der Waals surface area contributed by atoms with Crippen molar-refractivity contribution in [2.75, 3.05) is 20.3 Å². The van der Waals surface area contributed by atoms with Crippen LogP contribution < -0.4 is 14.2 Å².